The highest BCUT2D eigenvalue weighted by molar-refractivity contribution is 5.94. The molecule has 0 radical (unpaired) electrons. The molecule has 6 nitrogen and oxygen atoms in total. The van der Waals surface area contributed by atoms with Gasteiger partial charge in [0.1, 0.15) is 6.61 Å². The second kappa shape index (κ2) is 6.60. The van der Waals surface area contributed by atoms with E-state index in [1.54, 1.807) is 24.5 Å². The normalized spacial score (nSPS) is 15.4. The maximum Gasteiger partial charge on any atom is 0.269 e. The van der Waals surface area contributed by atoms with E-state index < -0.39 is 6.10 Å². The van der Waals surface area contributed by atoms with E-state index in [4.69, 9.17) is 9.47 Å². The number of fused-ring (bicyclic) bond motifs is 1. The Hall–Kier alpha value is -3.41. The van der Waals surface area contributed by atoms with Crippen molar-refractivity contribution in [1.82, 2.24) is 9.97 Å². The molecule has 0 aliphatic carbocycles. The van der Waals surface area contributed by atoms with Crippen LogP contribution >= 0.6 is 0 Å². The van der Waals surface area contributed by atoms with E-state index in [9.17, 15) is 4.79 Å². The monoisotopic (exact) mass is 333 g/mol. The molecule has 2 heterocycles. The highest BCUT2D eigenvalue weighted by atomic mass is 16.6. The van der Waals surface area contributed by atoms with Crippen LogP contribution in [0.1, 0.15) is 0 Å². The third-order valence-electron chi connectivity index (χ3n) is 3.75. The van der Waals surface area contributed by atoms with Gasteiger partial charge in [-0.05, 0) is 12.1 Å². The topological polar surface area (TPSA) is 73.3 Å². The van der Waals surface area contributed by atoms with Crippen LogP contribution in [-0.4, -0.2) is 28.6 Å². The summed E-state index contributed by atoms with van der Waals surface area (Å²) < 4.78 is 11.2. The van der Waals surface area contributed by atoms with E-state index in [0.717, 1.165) is 5.56 Å². The van der Waals surface area contributed by atoms with Gasteiger partial charge < -0.3 is 14.8 Å². The van der Waals surface area contributed by atoms with Crippen molar-refractivity contribution in [3.05, 3.63) is 67.0 Å². The lowest BCUT2D eigenvalue weighted by molar-refractivity contribution is -0.125. The summed E-state index contributed by atoms with van der Waals surface area (Å²) in [5.74, 6) is 1.50. The molecule has 4 rings (SSSR count). The summed E-state index contributed by atoms with van der Waals surface area (Å²) in [6, 6.07) is 16.9. The zero-order valence-corrected chi connectivity index (χ0v) is 13.3. The molecule has 0 unspecified atom stereocenters. The van der Waals surface area contributed by atoms with Crippen LogP contribution in [0.4, 0.5) is 5.69 Å². The molecule has 124 valence electrons. The molecule has 1 aromatic heterocycles. The molecule has 6 heteroatoms. The second-order valence-corrected chi connectivity index (χ2v) is 5.51. The largest absolute Gasteiger partial charge is 0.485 e. The first-order chi connectivity index (χ1) is 12.3. The average molecular weight is 333 g/mol. The SMILES string of the molecule is O=C(Nc1cnc(-c2ccccc2)nc1)[C@@H]1COc2ccccc2O1. The number of carbonyl (C=O) groups is 1. The van der Waals surface area contributed by atoms with Gasteiger partial charge in [-0.15, -0.1) is 0 Å². The van der Waals surface area contributed by atoms with Crippen molar-refractivity contribution in [2.24, 2.45) is 0 Å². The van der Waals surface area contributed by atoms with E-state index in [-0.39, 0.29) is 12.5 Å². The molecular weight excluding hydrogens is 318 g/mol. The van der Waals surface area contributed by atoms with Gasteiger partial charge >= 0.3 is 0 Å². The Kier molecular flexibility index (Phi) is 4.00. The number of amides is 1. The molecule has 0 fully saturated rings. The van der Waals surface area contributed by atoms with Gasteiger partial charge in [-0.1, -0.05) is 42.5 Å². The third-order valence-corrected chi connectivity index (χ3v) is 3.75. The van der Waals surface area contributed by atoms with E-state index >= 15 is 0 Å². The van der Waals surface area contributed by atoms with E-state index in [0.29, 0.717) is 23.0 Å². The quantitative estimate of drug-likeness (QED) is 0.798. The van der Waals surface area contributed by atoms with Crippen molar-refractivity contribution in [3.63, 3.8) is 0 Å². The van der Waals surface area contributed by atoms with Gasteiger partial charge in [0.2, 0.25) is 6.10 Å². The lowest BCUT2D eigenvalue weighted by Gasteiger charge is -2.25. The summed E-state index contributed by atoms with van der Waals surface area (Å²) in [6.45, 7) is 0.159. The number of anilines is 1. The van der Waals surface area contributed by atoms with Crippen LogP contribution in [0.3, 0.4) is 0 Å². The van der Waals surface area contributed by atoms with Crippen LogP contribution in [0.15, 0.2) is 67.0 Å². The van der Waals surface area contributed by atoms with Gasteiger partial charge in [-0.25, -0.2) is 9.97 Å². The zero-order chi connectivity index (χ0) is 17.1. The van der Waals surface area contributed by atoms with Crippen molar-refractivity contribution in [2.45, 2.75) is 6.10 Å². The standard InChI is InChI=1S/C19H15N3O3/c23-19(17-12-24-15-8-4-5-9-16(15)25-17)22-14-10-20-18(21-11-14)13-6-2-1-3-7-13/h1-11,17H,12H2,(H,22,23)/t17-/m0/s1. The van der Waals surface area contributed by atoms with Gasteiger partial charge in [0, 0.05) is 5.56 Å². The number of carbonyl (C=O) groups excluding carboxylic acids is 1. The van der Waals surface area contributed by atoms with Crippen molar-refractivity contribution in [2.75, 3.05) is 11.9 Å². The Morgan fingerprint density at radius 2 is 1.64 bits per heavy atom. The molecule has 3 aromatic rings. The summed E-state index contributed by atoms with van der Waals surface area (Å²) in [5.41, 5.74) is 1.42. The van der Waals surface area contributed by atoms with Crippen LogP contribution in [0, 0.1) is 0 Å². The van der Waals surface area contributed by atoms with E-state index in [1.165, 1.54) is 0 Å². The fourth-order valence-corrected chi connectivity index (χ4v) is 2.50. The number of rotatable bonds is 3. The average Bonchev–Trinajstić information content (AvgIpc) is 2.69. The summed E-state index contributed by atoms with van der Waals surface area (Å²) in [5, 5.41) is 2.75. The van der Waals surface area contributed by atoms with Crippen molar-refractivity contribution < 1.29 is 14.3 Å². The maximum absolute atomic E-state index is 12.4. The first-order valence-corrected chi connectivity index (χ1v) is 7.86. The summed E-state index contributed by atoms with van der Waals surface area (Å²) in [6.07, 6.45) is 2.43. The Morgan fingerprint density at radius 1 is 0.960 bits per heavy atom. The summed E-state index contributed by atoms with van der Waals surface area (Å²) >= 11 is 0. The number of ether oxygens (including phenoxy) is 2. The molecular formula is C19H15N3O3. The Morgan fingerprint density at radius 3 is 2.40 bits per heavy atom. The summed E-state index contributed by atoms with van der Waals surface area (Å²) in [4.78, 5) is 20.9. The van der Waals surface area contributed by atoms with Crippen molar-refractivity contribution in [3.8, 4) is 22.9 Å². The Labute approximate surface area is 144 Å². The minimum absolute atomic E-state index is 0.159. The lowest BCUT2D eigenvalue weighted by Crippen LogP contribution is -2.40. The van der Waals surface area contributed by atoms with Crippen LogP contribution in [-0.2, 0) is 4.79 Å². The van der Waals surface area contributed by atoms with Gasteiger partial charge in [-0.2, -0.15) is 0 Å². The number of nitrogens with one attached hydrogen (secondary N) is 1. The van der Waals surface area contributed by atoms with Crippen LogP contribution in [0.25, 0.3) is 11.4 Å². The predicted molar refractivity (Wildman–Crippen MR) is 92.5 cm³/mol. The number of para-hydroxylation sites is 2. The molecule has 1 N–H and O–H groups in total. The van der Waals surface area contributed by atoms with E-state index in [2.05, 4.69) is 15.3 Å². The van der Waals surface area contributed by atoms with Gasteiger partial charge in [-0.3, -0.25) is 4.79 Å². The number of hydrogen-bond acceptors (Lipinski definition) is 5. The fourth-order valence-electron chi connectivity index (χ4n) is 2.50. The van der Waals surface area contributed by atoms with Gasteiger partial charge in [0.05, 0.1) is 18.1 Å². The van der Waals surface area contributed by atoms with Gasteiger partial charge in [0.25, 0.3) is 5.91 Å². The van der Waals surface area contributed by atoms with E-state index in [1.807, 2.05) is 42.5 Å². The fraction of sp³-hybridized carbons (Fsp3) is 0.105. The predicted octanol–water partition coefficient (Wildman–Crippen LogP) is 2.92. The Balaban J connectivity index is 1.43. The van der Waals surface area contributed by atoms with Crippen LogP contribution < -0.4 is 14.8 Å². The molecule has 0 bridgehead atoms. The third kappa shape index (κ3) is 3.28. The summed E-state index contributed by atoms with van der Waals surface area (Å²) in [7, 11) is 0. The maximum atomic E-state index is 12.4. The molecule has 2 aromatic carbocycles. The Bertz CT molecular complexity index is 882. The lowest BCUT2D eigenvalue weighted by atomic mass is 10.2. The molecule has 25 heavy (non-hydrogen) atoms. The molecule has 1 atom stereocenters. The molecule has 0 saturated heterocycles. The number of nitrogens with zero attached hydrogens (tertiary/aromatic N) is 2. The first-order valence-electron chi connectivity index (χ1n) is 7.86. The smallest absolute Gasteiger partial charge is 0.269 e. The van der Waals surface area contributed by atoms with Gasteiger partial charge in [0.15, 0.2) is 17.3 Å². The van der Waals surface area contributed by atoms with Crippen LogP contribution in [0.2, 0.25) is 0 Å². The first kappa shape index (κ1) is 15.1. The number of aromatic nitrogens is 2. The molecule has 0 spiro atoms. The van der Waals surface area contributed by atoms with Crippen molar-refractivity contribution >= 4 is 11.6 Å². The molecule has 0 saturated carbocycles. The minimum atomic E-state index is -0.719. The van der Waals surface area contributed by atoms with Crippen LogP contribution in [0.5, 0.6) is 11.5 Å². The second-order valence-electron chi connectivity index (χ2n) is 5.51. The molecule has 1 amide bonds. The zero-order valence-electron chi connectivity index (χ0n) is 13.3. The molecule has 1 aliphatic heterocycles. The minimum Gasteiger partial charge on any atom is -0.485 e. The highest BCUT2D eigenvalue weighted by Gasteiger charge is 2.27. The van der Waals surface area contributed by atoms with Crippen molar-refractivity contribution in [1.29, 1.82) is 0 Å². The number of hydrogen-bond donors (Lipinski definition) is 1. The number of benzene rings is 2. The highest BCUT2D eigenvalue weighted by Crippen LogP contribution is 2.31. The molecule has 1 aliphatic rings.